The van der Waals surface area contributed by atoms with Crippen LogP contribution in [-0.2, 0) is 6.54 Å². The number of hydrogen-bond donors (Lipinski definition) is 1. The number of benzene rings is 1. The molecule has 0 fully saturated rings. The standard InChI is InChI=1S/C11H11ClFN3O/c12-9-2-1-3-10(11(9)13)17-5-4-16-7-8(14)6-15-16/h1-3,6-7H,4-5,14H2. The van der Waals surface area contributed by atoms with Gasteiger partial charge < -0.3 is 10.5 Å². The van der Waals surface area contributed by atoms with Crippen molar-refractivity contribution < 1.29 is 9.13 Å². The van der Waals surface area contributed by atoms with Crippen molar-refractivity contribution in [2.24, 2.45) is 0 Å². The van der Waals surface area contributed by atoms with Crippen LogP contribution in [0.15, 0.2) is 30.6 Å². The van der Waals surface area contributed by atoms with Gasteiger partial charge >= 0.3 is 0 Å². The summed E-state index contributed by atoms with van der Waals surface area (Å²) in [4.78, 5) is 0. The molecule has 0 aliphatic carbocycles. The summed E-state index contributed by atoms with van der Waals surface area (Å²) >= 11 is 5.62. The Morgan fingerprint density at radius 2 is 2.29 bits per heavy atom. The molecule has 0 saturated carbocycles. The molecular weight excluding hydrogens is 245 g/mol. The maximum atomic E-state index is 13.4. The molecule has 2 rings (SSSR count). The molecule has 6 heteroatoms. The Morgan fingerprint density at radius 1 is 1.47 bits per heavy atom. The predicted octanol–water partition coefficient (Wildman–Crippen LogP) is 2.34. The third-order valence-corrected chi connectivity index (χ3v) is 2.44. The first-order valence-electron chi connectivity index (χ1n) is 5.01. The highest BCUT2D eigenvalue weighted by Crippen LogP contribution is 2.23. The van der Waals surface area contributed by atoms with Crippen LogP contribution in [0.3, 0.4) is 0 Å². The van der Waals surface area contributed by atoms with Crippen molar-refractivity contribution in [3.05, 3.63) is 41.4 Å². The summed E-state index contributed by atoms with van der Waals surface area (Å²) < 4.78 is 20.3. The molecule has 0 aliphatic rings. The minimum Gasteiger partial charge on any atom is -0.489 e. The summed E-state index contributed by atoms with van der Waals surface area (Å²) in [5.41, 5.74) is 6.09. The Bertz CT molecular complexity index is 515. The van der Waals surface area contributed by atoms with Crippen LogP contribution in [0.2, 0.25) is 5.02 Å². The first kappa shape index (κ1) is 11.7. The Kier molecular flexibility index (Phi) is 3.49. The van der Waals surface area contributed by atoms with E-state index in [0.29, 0.717) is 18.8 Å². The van der Waals surface area contributed by atoms with Gasteiger partial charge in [0.25, 0.3) is 0 Å². The Hall–Kier alpha value is -1.75. The SMILES string of the molecule is Nc1cnn(CCOc2cccc(Cl)c2F)c1. The molecule has 1 heterocycles. The maximum absolute atomic E-state index is 13.4. The summed E-state index contributed by atoms with van der Waals surface area (Å²) in [6, 6.07) is 4.63. The quantitative estimate of drug-likeness (QED) is 0.912. The molecule has 1 aromatic carbocycles. The van der Waals surface area contributed by atoms with Crippen molar-refractivity contribution in [3.8, 4) is 5.75 Å². The molecular formula is C11H11ClFN3O. The van der Waals surface area contributed by atoms with E-state index in [1.54, 1.807) is 23.1 Å². The van der Waals surface area contributed by atoms with Gasteiger partial charge in [-0.25, -0.2) is 4.39 Å². The second-order valence-corrected chi connectivity index (χ2v) is 3.84. The molecule has 0 atom stereocenters. The molecule has 0 bridgehead atoms. The van der Waals surface area contributed by atoms with Gasteiger partial charge in [0.1, 0.15) is 6.61 Å². The van der Waals surface area contributed by atoms with E-state index in [0.717, 1.165) is 0 Å². The molecule has 0 aliphatic heterocycles. The topological polar surface area (TPSA) is 53.1 Å². The molecule has 2 aromatic rings. The van der Waals surface area contributed by atoms with Gasteiger partial charge in [-0.05, 0) is 12.1 Å². The summed E-state index contributed by atoms with van der Waals surface area (Å²) in [6.45, 7) is 0.779. The van der Waals surface area contributed by atoms with E-state index in [1.807, 2.05) is 0 Å². The fourth-order valence-corrected chi connectivity index (χ4v) is 1.51. The van der Waals surface area contributed by atoms with E-state index in [2.05, 4.69) is 5.10 Å². The van der Waals surface area contributed by atoms with Crippen LogP contribution in [0.25, 0.3) is 0 Å². The lowest BCUT2D eigenvalue weighted by Crippen LogP contribution is -2.09. The van der Waals surface area contributed by atoms with Crippen LogP contribution < -0.4 is 10.5 Å². The molecule has 17 heavy (non-hydrogen) atoms. The normalized spacial score (nSPS) is 10.5. The minimum absolute atomic E-state index is 0.0471. The largest absolute Gasteiger partial charge is 0.489 e. The second-order valence-electron chi connectivity index (χ2n) is 3.44. The van der Waals surface area contributed by atoms with Crippen LogP contribution in [0.4, 0.5) is 10.1 Å². The summed E-state index contributed by atoms with van der Waals surface area (Å²) in [5, 5.41) is 4.03. The third kappa shape index (κ3) is 2.88. The van der Waals surface area contributed by atoms with Crippen molar-refractivity contribution in [1.82, 2.24) is 9.78 Å². The lowest BCUT2D eigenvalue weighted by Gasteiger charge is -2.07. The van der Waals surface area contributed by atoms with Crippen LogP contribution in [-0.4, -0.2) is 16.4 Å². The molecule has 0 unspecified atom stereocenters. The van der Waals surface area contributed by atoms with E-state index in [4.69, 9.17) is 22.1 Å². The van der Waals surface area contributed by atoms with Gasteiger partial charge in [-0.1, -0.05) is 17.7 Å². The molecule has 0 amide bonds. The second kappa shape index (κ2) is 5.05. The van der Waals surface area contributed by atoms with Crippen molar-refractivity contribution in [2.45, 2.75) is 6.54 Å². The lowest BCUT2D eigenvalue weighted by molar-refractivity contribution is 0.278. The molecule has 90 valence electrons. The van der Waals surface area contributed by atoms with Crippen molar-refractivity contribution in [3.63, 3.8) is 0 Å². The van der Waals surface area contributed by atoms with Gasteiger partial charge in [-0.3, -0.25) is 4.68 Å². The summed E-state index contributed by atoms with van der Waals surface area (Å²) in [5.74, 6) is -0.410. The van der Waals surface area contributed by atoms with E-state index in [1.165, 1.54) is 12.1 Å². The van der Waals surface area contributed by atoms with E-state index >= 15 is 0 Å². The van der Waals surface area contributed by atoms with Gasteiger partial charge in [-0.15, -0.1) is 0 Å². The third-order valence-electron chi connectivity index (χ3n) is 2.15. The Morgan fingerprint density at radius 3 is 3.00 bits per heavy atom. The van der Waals surface area contributed by atoms with Crippen molar-refractivity contribution >= 4 is 17.3 Å². The summed E-state index contributed by atoms with van der Waals surface area (Å²) in [6.07, 6.45) is 3.22. The fourth-order valence-electron chi connectivity index (χ4n) is 1.35. The number of nitrogens with zero attached hydrogens (tertiary/aromatic N) is 2. The highest BCUT2D eigenvalue weighted by atomic mass is 35.5. The lowest BCUT2D eigenvalue weighted by atomic mass is 10.3. The van der Waals surface area contributed by atoms with Crippen LogP contribution in [0, 0.1) is 5.82 Å². The molecule has 0 spiro atoms. The molecule has 2 N–H and O–H groups in total. The smallest absolute Gasteiger partial charge is 0.183 e. The van der Waals surface area contributed by atoms with Crippen LogP contribution in [0.5, 0.6) is 5.75 Å². The van der Waals surface area contributed by atoms with Gasteiger partial charge in [-0.2, -0.15) is 5.10 Å². The number of ether oxygens (including phenoxy) is 1. The number of aromatic nitrogens is 2. The zero-order valence-electron chi connectivity index (χ0n) is 8.94. The van der Waals surface area contributed by atoms with Gasteiger partial charge in [0.15, 0.2) is 11.6 Å². The van der Waals surface area contributed by atoms with Crippen molar-refractivity contribution in [2.75, 3.05) is 12.3 Å². The molecule has 0 saturated heterocycles. The highest BCUT2D eigenvalue weighted by Gasteiger charge is 2.06. The Balaban J connectivity index is 1.92. The minimum atomic E-state index is -0.547. The number of halogens is 2. The fraction of sp³-hybridized carbons (Fsp3) is 0.182. The van der Waals surface area contributed by atoms with E-state index in [9.17, 15) is 4.39 Å². The first-order valence-corrected chi connectivity index (χ1v) is 5.39. The maximum Gasteiger partial charge on any atom is 0.183 e. The zero-order valence-corrected chi connectivity index (χ0v) is 9.69. The highest BCUT2D eigenvalue weighted by molar-refractivity contribution is 6.30. The molecule has 4 nitrogen and oxygen atoms in total. The van der Waals surface area contributed by atoms with Gasteiger partial charge in [0.2, 0.25) is 0 Å². The van der Waals surface area contributed by atoms with Crippen LogP contribution in [0.1, 0.15) is 0 Å². The van der Waals surface area contributed by atoms with E-state index < -0.39 is 5.82 Å². The van der Waals surface area contributed by atoms with Gasteiger partial charge in [0, 0.05) is 6.20 Å². The number of rotatable bonds is 4. The monoisotopic (exact) mass is 255 g/mol. The predicted molar refractivity (Wildman–Crippen MR) is 63.5 cm³/mol. The van der Waals surface area contributed by atoms with E-state index in [-0.39, 0.29) is 10.8 Å². The molecule has 1 aromatic heterocycles. The average molecular weight is 256 g/mol. The number of nitrogens with two attached hydrogens (primary N) is 1. The number of hydrogen-bond acceptors (Lipinski definition) is 3. The first-order chi connectivity index (χ1) is 8.16. The van der Waals surface area contributed by atoms with Crippen molar-refractivity contribution in [1.29, 1.82) is 0 Å². The van der Waals surface area contributed by atoms with Crippen LogP contribution >= 0.6 is 11.6 Å². The number of anilines is 1. The molecule has 0 radical (unpaired) electrons. The average Bonchev–Trinajstić information content (AvgIpc) is 2.70. The Labute approximate surface area is 103 Å². The van der Waals surface area contributed by atoms with Gasteiger partial charge in [0.05, 0.1) is 23.5 Å². The summed E-state index contributed by atoms with van der Waals surface area (Å²) in [7, 11) is 0. The zero-order chi connectivity index (χ0) is 12.3. The number of nitrogen functional groups attached to an aromatic ring is 1.